The number of carbonyl (C=O) groups excluding carboxylic acids is 1. The van der Waals surface area contributed by atoms with Crippen LogP contribution in [-0.2, 0) is 5.75 Å². The lowest BCUT2D eigenvalue weighted by Crippen LogP contribution is -2.27. The van der Waals surface area contributed by atoms with Crippen molar-refractivity contribution in [1.29, 1.82) is 0 Å². The predicted molar refractivity (Wildman–Crippen MR) is 97.3 cm³/mol. The van der Waals surface area contributed by atoms with Gasteiger partial charge in [0.25, 0.3) is 5.91 Å². The van der Waals surface area contributed by atoms with Crippen molar-refractivity contribution in [2.45, 2.75) is 30.5 Å². The Hall–Kier alpha value is -2.67. The van der Waals surface area contributed by atoms with Gasteiger partial charge in [-0.1, -0.05) is 29.4 Å². The molecule has 0 spiro atoms. The van der Waals surface area contributed by atoms with Crippen LogP contribution >= 0.6 is 11.8 Å². The van der Waals surface area contributed by atoms with Gasteiger partial charge < -0.3 is 9.84 Å². The number of halogens is 1. The van der Waals surface area contributed by atoms with Gasteiger partial charge in [0.05, 0.1) is 17.4 Å². The van der Waals surface area contributed by atoms with Crippen molar-refractivity contribution in [3.8, 4) is 0 Å². The lowest BCUT2D eigenvalue weighted by molar-refractivity contribution is 0.0937. The maximum Gasteiger partial charge on any atom is 0.252 e. The van der Waals surface area contributed by atoms with Gasteiger partial charge >= 0.3 is 0 Å². The first-order valence-corrected chi connectivity index (χ1v) is 9.09. The van der Waals surface area contributed by atoms with Crippen molar-refractivity contribution in [2.24, 2.45) is 0 Å². The van der Waals surface area contributed by atoms with E-state index in [1.807, 2.05) is 25.1 Å². The molecule has 0 aliphatic heterocycles. The van der Waals surface area contributed by atoms with Gasteiger partial charge in [-0.05, 0) is 43.7 Å². The van der Waals surface area contributed by atoms with E-state index < -0.39 is 0 Å². The molecule has 0 aliphatic carbocycles. The van der Waals surface area contributed by atoms with Crippen LogP contribution in [0.25, 0.3) is 0 Å². The van der Waals surface area contributed by atoms with E-state index in [-0.39, 0.29) is 17.8 Å². The Morgan fingerprint density at radius 1 is 1.23 bits per heavy atom. The van der Waals surface area contributed by atoms with Gasteiger partial charge in [0.1, 0.15) is 5.82 Å². The largest absolute Gasteiger partial charge is 0.345 e. The molecule has 1 amide bonds. The molecule has 134 valence electrons. The number of thioether (sulfide) groups is 1. The highest BCUT2D eigenvalue weighted by molar-refractivity contribution is 7.98. The van der Waals surface area contributed by atoms with Crippen molar-refractivity contribution >= 4 is 17.7 Å². The molecule has 2 aromatic carbocycles. The highest BCUT2D eigenvalue weighted by atomic mass is 32.2. The van der Waals surface area contributed by atoms with Gasteiger partial charge in [-0.3, -0.25) is 4.79 Å². The number of aromatic nitrogens is 2. The molecule has 1 unspecified atom stereocenters. The first kappa shape index (κ1) is 18.1. The summed E-state index contributed by atoms with van der Waals surface area (Å²) in [4.78, 5) is 17.7. The summed E-state index contributed by atoms with van der Waals surface area (Å²) < 4.78 is 18.2. The average Bonchev–Trinajstić information content (AvgIpc) is 3.06. The molecule has 0 fully saturated rings. The summed E-state index contributed by atoms with van der Waals surface area (Å²) in [6.07, 6.45) is 0. The van der Waals surface area contributed by atoms with Crippen molar-refractivity contribution in [2.75, 3.05) is 0 Å². The normalized spacial score (nSPS) is 12.0. The average molecular weight is 371 g/mol. The number of amides is 1. The molecule has 0 saturated heterocycles. The molecule has 0 radical (unpaired) electrons. The standard InChI is InChI=1S/C19H18FN3O2S/c1-12(14-7-9-15(20)10-8-14)21-19(24)16-5-3-4-6-17(16)26-11-18-22-13(2)23-25-18/h3-10,12H,11H2,1-2H3,(H,21,24). The Morgan fingerprint density at radius 2 is 1.96 bits per heavy atom. The molecule has 3 rings (SSSR count). The number of hydrogen-bond donors (Lipinski definition) is 1. The SMILES string of the molecule is Cc1noc(CSc2ccccc2C(=O)NC(C)c2ccc(F)cc2)n1. The van der Waals surface area contributed by atoms with E-state index >= 15 is 0 Å². The van der Waals surface area contributed by atoms with Crippen molar-refractivity contribution in [1.82, 2.24) is 15.5 Å². The lowest BCUT2D eigenvalue weighted by Gasteiger charge is -2.16. The van der Waals surface area contributed by atoms with E-state index in [1.54, 1.807) is 25.1 Å². The Balaban J connectivity index is 1.69. The molecule has 0 saturated carbocycles. The van der Waals surface area contributed by atoms with Crippen LogP contribution in [0.1, 0.15) is 40.6 Å². The zero-order chi connectivity index (χ0) is 18.5. The number of hydrogen-bond acceptors (Lipinski definition) is 5. The summed E-state index contributed by atoms with van der Waals surface area (Å²) in [5.41, 5.74) is 1.41. The Bertz CT molecular complexity index is 896. The first-order chi connectivity index (χ1) is 12.5. The van der Waals surface area contributed by atoms with Crippen LogP contribution in [0.5, 0.6) is 0 Å². The second kappa shape index (κ2) is 8.14. The molecule has 1 heterocycles. The van der Waals surface area contributed by atoms with Gasteiger partial charge in [0.15, 0.2) is 5.82 Å². The fraction of sp³-hybridized carbons (Fsp3) is 0.211. The molecule has 1 N–H and O–H groups in total. The second-order valence-electron chi connectivity index (χ2n) is 5.77. The summed E-state index contributed by atoms with van der Waals surface area (Å²) in [7, 11) is 0. The maximum atomic E-state index is 13.0. The summed E-state index contributed by atoms with van der Waals surface area (Å²) in [5.74, 6) is 1.10. The maximum absolute atomic E-state index is 13.0. The van der Waals surface area contributed by atoms with Gasteiger partial charge in [0, 0.05) is 4.90 Å². The Labute approximate surface area is 155 Å². The van der Waals surface area contributed by atoms with E-state index in [0.717, 1.165) is 10.5 Å². The predicted octanol–water partition coefficient (Wildman–Crippen LogP) is 4.30. The number of nitrogens with one attached hydrogen (secondary N) is 1. The molecule has 5 nitrogen and oxygen atoms in total. The van der Waals surface area contributed by atoms with Crippen molar-refractivity contribution in [3.63, 3.8) is 0 Å². The quantitative estimate of drug-likeness (QED) is 0.654. The molecule has 26 heavy (non-hydrogen) atoms. The minimum Gasteiger partial charge on any atom is -0.345 e. The zero-order valence-corrected chi connectivity index (χ0v) is 15.2. The third-order valence-electron chi connectivity index (χ3n) is 3.77. The lowest BCUT2D eigenvalue weighted by atomic mass is 10.1. The fourth-order valence-corrected chi connectivity index (χ4v) is 3.31. The molecular weight excluding hydrogens is 353 g/mol. The summed E-state index contributed by atoms with van der Waals surface area (Å²) >= 11 is 1.46. The van der Waals surface area contributed by atoms with Gasteiger partial charge in [0.2, 0.25) is 5.89 Å². The van der Waals surface area contributed by atoms with Crippen molar-refractivity contribution < 1.29 is 13.7 Å². The topological polar surface area (TPSA) is 68.0 Å². The zero-order valence-electron chi connectivity index (χ0n) is 14.4. The van der Waals surface area contributed by atoms with E-state index in [2.05, 4.69) is 15.5 Å². The van der Waals surface area contributed by atoms with E-state index in [4.69, 9.17) is 4.52 Å². The van der Waals surface area contributed by atoms with Crippen LogP contribution in [0.3, 0.4) is 0 Å². The summed E-state index contributed by atoms with van der Waals surface area (Å²) in [5, 5.41) is 6.71. The molecule has 7 heteroatoms. The van der Waals surface area contributed by atoms with Crippen LogP contribution in [0.15, 0.2) is 57.9 Å². The van der Waals surface area contributed by atoms with Gasteiger partial charge in [-0.2, -0.15) is 4.98 Å². The summed E-state index contributed by atoms with van der Waals surface area (Å²) in [6, 6.07) is 13.2. The Morgan fingerprint density at radius 3 is 2.65 bits per heavy atom. The molecule has 1 aromatic heterocycles. The highest BCUT2D eigenvalue weighted by Gasteiger charge is 2.16. The molecule has 1 atom stereocenters. The molecule has 0 aliphatic rings. The third-order valence-corrected chi connectivity index (χ3v) is 4.83. The minimum atomic E-state index is -0.301. The monoisotopic (exact) mass is 371 g/mol. The number of carbonyl (C=O) groups is 1. The minimum absolute atomic E-state index is 0.188. The van der Waals surface area contributed by atoms with Crippen LogP contribution in [0, 0.1) is 12.7 Å². The fourth-order valence-electron chi connectivity index (χ4n) is 2.43. The summed E-state index contributed by atoms with van der Waals surface area (Å²) in [6.45, 7) is 3.62. The number of rotatable bonds is 6. The number of aryl methyl sites for hydroxylation is 1. The molecule has 3 aromatic rings. The van der Waals surface area contributed by atoms with E-state index in [9.17, 15) is 9.18 Å². The van der Waals surface area contributed by atoms with Crippen molar-refractivity contribution in [3.05, 3.63) is 77.2 Å². The van der Waals surface area contributed by atoms with Crippen LogP contribution in [-0.4, -0.2) is 16.0 Å². The second-order valence-corrected chi connectivity index (χ2v) is 6.78. The highest BCUT2D eigenvalue weighted by Crippen LogP contribution is 2.26. The van der Waals surface area contributed by atoms with Gasteiger partial charge in [-0.25, -0.2) is 4.39 Å². The van der Waals surface area contributed by atoms with Gasteiger partial charge in [-0.15, -0.1) is 11.8 Å². The smallest absolute Gasteiger partial charge is 0.252 e. The van der Waals surface area contributed by atoms with Crippen LogP contribution in [0.4, 0.5) is 4.39 Å². The van der Waals surface area contributed by atoms with Crippen LogP contribution in [0.2, 0.25) is 0 Å². The Kier molecular flexibility index (Phi) is 5.68. The third kappa shape index (κ3) is 4.49. The molecular formula is C19H18FN3O2S. The van der Waals surface area contributed by atoms with Crippen LogP contribution < -0.4 is 5.32 Å². The number of benzene rings is 2. The molecule has 0 bridgehead atoms. The van der Waals surface area contributed by atoms with E-state index in [1.165, 1.54) is 23.9 Å². The number of nitrogens with zero attached hydrogens (tertiary/aromatic N) is 2. The van der Waals surface area contributed by atoms with E-state index in [0.29, 0.717) is 23.0 Å². The first-order valence-electron chi connectivity index (χ1n) is 8.10.